The van der Waals surface area contributed by atoms with Crippen molar-refractivity contribution >= 4 is 29.3 Å². The zero-order valence-corrected chi connectivity index (χ0v) is 15.9. The molecule has 0 aliphatic heterocycles. The fourth-order valence-corrected chi connectivity index (χ4v) is 3.61. The molecule has 0 aromatic heterocycles. The number of benzene rings is 2. The van der Waals surface area contributed by atoms with Crippen LogP contribution in [0.25, 0.3) is 0 Å². The lowest BCUT2D eigenvalue weighted by Gasteiger charge is -2.25. The van der Waals surface area contributed by atoms with Gasteiger partial charge >= 0.3 is 0 Å². The van der Waals surface area contributed by atoms with Crippen LogP contribution in [0.2, 0.25) is 5.02 Å². The van der Waals surface area contributed by atoms with Crippen LogP contribution in [0.5, 0.6) is 0 Å². The number of halogens is 2. The summed E-state index contributed by atoms with van der Waals surface area (Å²) in [6.07, 6.45) is 0.402. The van der Waals surface area contributed by atoms with Gasteiger partial charge in [-0.15, -0.1) is 11.8 Å². The average molecular weight is 381 g/mol. The van der Waals surface area contributed by atoms with Gasteiger partial charge in [0.25, 0.3) is 0 Å². The van der Waals surface area contributed by atoms with Crippen molar-refractivity contribution in [1.82, 2.24) is 10.2 Å². The van der Waals surface area contributed by atoms with Crippen LogP contribution in [0.4, 0.5) is 4.39 Å². The maximum absolute atomic E-state index is 13.4. The van der Waals surface area contributed by atoms with Gasteiger partial charge in [-0.2, -0.15) is 0 Å². The van der Waals surface area contributed by atoms with E-state index in [1.54, 1.807) is 17.8 Å². The molecule has 1 amide bonds. The summed E-state index contributed by atoms with van der Waals surface area (Å²) < 4.78 is 13.4. The minimum absolute atomic E-state index is 0.0252. The number of nitrogens with zero attached hydrogens (tertiary/aromatic N) is 1. The lowest BCUT2D eigenvalue weighted by atomic mass is 10.1. The first kappa shape index (κ1) is 19.8. The Labute approximate surface area is 157 Å². The highest BCUT2D eigenvalue weighted by Gasteiger charge is 2.16. The second-order valence-corrected chi connectivity index (χ2v) is 7.41. The van der Waals surface area contributed by atoms with Gasteiger partial charge in [0, 0.05) is 23.6 Å². The van der Waals surface area contributed by atoms with Crippen molar-refractivity contribution in [2.75, 3.05) is 26.4 Å². The number of hydrogen-bond acceptors (Lipinski definition) is 3. The van der Waals surface area contributed by atoms with E-state index in [0.717, 1.165) is 10.5 Å². The summed E-state index contributed by atoms with van der Waals surface area (Å²) >= 11 is 7.66. The monoisotopic (exact) mass is 380 g/mol. The Balaban J connectivity index is 1.82. The quantitative estimate of drug-likeness (QED) is 0.690. The lowest BCUT2D eigenvalue weighted by molar-refractivity contribution is -0.120. The van der Waals surface area contributed by atoms with E-state index in [1.165, 1.54) is 12.1 Å². The van der Waals surface area contributed by atoms with Crippen molar-refractivity contribution in [2.45, 2.75) is 17.4 Å². The van der Waals surface area contributed by atoms with E-state index in [1.807, 2.05) is 49.3 Å². The Morgan fingerprint density at radius 1 is 1.24 bits per heavy atom. The van der Waals surface area contributed by atoms with E-state index in [9.17, 15) is 9.18 Å². The highest BCUT2D eigenvalue weighted by atomic mass is 35.5. The summed E-state index contributed by atoms with van der Waals surface area (Å²) in [4.78, 5) is 15.0. The Kier molecular flexibility index (Phi) is 7.75. The molecule has 1 unspecified atom stereocenters. The van der Waals surface area contributed by atoms with Gasteiger partial charge in [-0.3, -0.25) is 4.79 Å². The lowest BCUT2D eigenvalue weighted by Crippen LogP contribution is -2.34. The summed E-state index contributed by atoms with van der Waals surface area (Å²) in [5.41, 5.74) is 0.843. The summed E-state index contributed by atoms with van der Waals surface area (Å²) in [5.74, 6) is 0.358. The van der Waals surface area contributed by atoms with Gasteiger partial charge in [0.2, 0.25) is 5.91 Å². The van der Waals surface area contributed by atoms with Crippen LogP contribution in [0, 0.1) is 5.82 Å². The Bertz CT molecular complexity index is 711. The molecule has 0 fully saturated rings. The van der Waals surface area contributed by atoms with Crippen LogP contribution in [0.15, 0.2) is 53.4 Å². The van der Waals surface area contributed by atoms with Crippen molar-refractivity contribution in [3.8, 4) is 0 Å². The first-order valence-corrected chi connectivity index (χ1v) is 9.39. The van der Waals surface area contributed by atoms with Crippen LogP contribution in [-0.4, -0.2) is 37.2 Å². The van der Waals surface area contributed by atoms with E-state index in [-0.39, 0.29) is 17.8 Å². The summed E-state index contributed by atoms with van der Waals surface area (Å²) in [6, 6.07) is 14.0. The maximum Gasteiger partial charge on any atom is 0.220 e. The molecule has 3 nitrogen and oxygen atoms in total. The second kappa shape index (κ2) is 9.80. The first-order chi connectivity index (χ1) is 12.0. The molecule has 0 heterocycles. The van der Waals surface area contributed by atoms with Gasteiger partial charge in [0.15, 0.2) is 0 Å². The minimum Gasteiger partial charge on any atom is -0.354 e. The third kappa shape index (κ3) is 6.34. The molecule has 2 rings (SSSR count). The molecule has 2 aromatic carbocycles. The number of nitrogens with one attached hydrogen (secondary N) is 1. The topological polar surface area (TPSA) is 32.3 Å². The van der Waals surface area contributed by atoms with Crippen molar-refractivity contribution in [1.29, 1.82) is 0 Å². The number of carbonyl (C=O) groups is 1. The van der Waals surface area contributed by atoms with Gasteiger partial charge in [-0.1, -0.05) is 35.9 Å². The standard InChI is InChI=1S/C19H22ClFN2OS/c1-23(2)17(14-6-5-7-15(21)12-14)13-22-19(24)10-11-25-18-9-4-3-8-16(18)20/h3-9,12,17H,10-11,13H2,1-2H3,(H,22,24). The third-order valence-electron chi connectivity index (χ3n) is 3.77. The highest BCUT2D eigenvalue weighted by molar-refractivity contribution is 7.99. The normalized spacial score (nSPS) is 12.2. The molecule has 134 valence electrons. The number of hydrogen-bond donors (Lipinski definition) is 1. The molecule has 0 saturated heterocycles. The molecule has 25 heavy (non-hydrogen) atoms. The first-order valence-electron chi connectivity index (χ1n) is 8.03. The van der Waals surface area contributed by atoms with E-state index in [2.05, 4.69) is 5.32 Å². The largest absolute Gasteiger partial charge is 0.354 e. The number of thioether (sulfide) groups is 1. The van der Waals surface area contributed by atoms with E-state index in [0.29, 0.717) is 23.7 Å². The van der Waals surface area contributed by atoms with Gasteiger partial charge in [0.05, 0.1) is 11.1 Å². The molecule has 0 radical (unpaired) electrons. The van der Waals surface area contributed by atoms with Crippen LogP contribution < -0.4 is 5.32 Å². The molecule has 6 heteroatoms. The molecule has 1 atom stereocenters. The SMILES string of the molecule is CN(C)C(CNC(=O)CCSc1ccccc1Cl)c1cccc(F)c1. The predicted octanol–water partition coefficient (Wildman–Crippen LogP) is 4.38. The summed E-state index contributed by atoms with van der Waals surface area (Å²) in [7, 11) is 3.82. The zero-order chi connectivity index (χ0) is 18.2. The average Bonchev–Trinajstić information content (AvgIpc) is 2.56. The van der Waals surface area contributed by atoms with Gasteiger partial charge < -0.3 is 10.2 Å². The van der Waals surface area contributed by atoms with Gasteiger partial charge in [0.1, 0.15) is 5.82 Å². The number of carbonyl (C=O) groups excluding carboxylic acids is 1. The Hall–Kier alpha value is -1.56. The zero-order valence-electron chi connectivity index (χ0n) is 14.3. The molecule has 0 saturated carbocycles. The van der Waals surface area contributed by atoms with Gasteiger partial charge in [-0.25, -0.2) is 4.39 Å². The van der Waals surface area contributed by atoms with Crippen molar-refractivity contribution < 1.29 is 9.18 Å². The fraction of sp³-hybridized carbons (Fsp3) is 0.316. The van der Waals surface area contributed by atoms with Crippen molar-refractivity contribution in [3.05, 3.63) is 64.9 Å². The van der Waals surface area contributed by atoms with Crippen LogP contribution >= 0.6 is 23.4 Å². The van der Waals surface area contributed by atoms with E-state index in [4.69, 9.17) is 11.6 Å². The molecular weight excluding hydrogens is 359 g/mol. The Morgan fingerprint density at radius 2 is 2.00 bits per heavy atom. The highest BCUT2D eigenvalue weighted by Crippen LogP contribution is 2.26. The third-order valence-corrected chi connectivity index (χ3v) is 5.29. The van der Waals surface area contributed by atoms with Crippen LogP contribution in [0.3, 0.4) is 0 Å². The molecule has 1 N–H and O–H groups in total. The summed E-state index contributed by atoms with van der Waals surface area (Å²) in [5, 5.41) is 3.63. The smallest absolute Gasteiger partial charge is 0.220 e. The number of rotatable bonds is 8. The molecular formula is C19H22ClFN2OS. The van der Waals surface area contributed by atoms with Crippen LogP contribution in [0.1, 0.15) is 18.0 Å². The molecule has 0 aliphatic rings. The number of likely N-dealkylation sites (N-methyl/N-ethyl adjacent to an activating group) is 1. The fourth-order valence-electron chi connectivity index (χ4n) is 2.43. The minimum atomic E-state index is -0.271. The molecule has 0 bridgehead atoms. The second-order valence-electron chi connectivity index (χ2n) is 5.87. The van der Waals surface area contributed by atoms with Crippen molar-refractivity contribution in [3.63, 3.8) is 0 Å². The van der Waals surface area contributed by atoms with Crippen LogP contribution in [-0.2, 0) is 4.79 Å². The molecule has 0 spiro atoms. The predicted molar refractivity (Wildman–Crippen MR) is 103 cm³/mol. The molecule has 2 aromatic rings. The molecule has 0 aliphatic carbocycles. The Morgan fingerprint density at radius 3 is 2.68 bits per heavy atom. The summed E-state index contributed by atoms with van der Waals surface area (Å²) in [6.45, 7) is 0.437. The maximum atomic E-state index is 13.4. The van der Waals surface area contributed by atoms with Gasteiger partial charge in [-0.05, 0) is 43.9 Å². The number of amides is 1. The van der Waals surface area contributed by atoms with Crippen molar-refractivity contribution in [2.24, 2.45) is 0 Å². The van der Waals surface area contributed by atoms with E-state index >= 15 is 0 Å². The van der Waals surface area contributed by atoms with E-state index < -0.39 is 0 Å².